The molecule has 8 amide bonds. The van der Waals surface area contributed by atoms with Crippen molar-refractivity contribution in [3.8, 4) is 17.6 Å². The molecule has 0 saturated carbocycles. The maximum absolute atomic E-state index is 15.1. The topological polar surface area (TPSA) is 258 Å². The predicted octanol–water partition coefficient (Wildman–Crippen LogP) is 5.55. The van der Waals surface area contributed by atoms with Gasteiger partial charge in [0.05, 0.1) is 29.2 Å². The molecule has 5 aromatic rings. The van der Waals surface area contributed by atoms with Crippen molar-refractivity contribution in [2.75, 3.05) is 32.8 Å². The lowest BCUT2D eigenvalue weighted by Gasteiger charge is -2.43. The number of rotatable bonds is 14. The summed E-state index contributed by atoms with van der Waals surface area (Å²) < 4.78 is 53.2. The molecule has 23 heteroatoms. The Bertz CT molecular complexity index is 3420. The van der Waals surface area contributed by atoms with E-state index in [-0.39, 0.29) is 86.0 Å². The molecule has 1 aromatic heterocycles. The van der Waals surface area contributed by atoms with Gasteiger partial charge in [0.1, 0.15) is 30.0 Å². The molecule has 2 saturated heterocycles. The summed E-state index contributed by atoms with van der Waals surface area (Å²) in [6, 6.07) is 20.2. The lowest BCUT2D eigenvalue weighted by molar-refractivity contribution is -0.153. The number of halogens is 2. The van der Waals surface area contributed by atoms with Crippen LogP contribution < -0.4 is 20.7 Å². The number of hydrogen-bond donors (Lipinski definition) is 5. The van der Waals surface area contributed by atoms with E-state index >= 15 is 4.79 Å². The minimum atomic E-state index is -5.87. The molecule has 0 aliphatic carbocycles. The standard InChI is InChI=1S/C56H55F2N6O13PS/c1-55(2,3)48(61-50(68)45-28-35-25-37(15-19-44(35)79-45)56(57,58)78(73,74)75)54(72)63-29-36-26-38(16-14-34(36)27-42(63)53(71)62-22-23-76-43(30-62)33-11-7-4-8-12-33)77-31-47(66)59-21-9-5-6-10-32-13-17-39-40(24-32)52(70)64(51(39)69)41-18-20-46(65)60-49(41)67/h4,7-8,11-17,19,24-26,28,41-43,48H,5,9,18,20-23,27,29-31H2,1-3H3,(H,59,66)(H,61,68)(H,60,65,67)(H2,73,74,75)/t41?,42-,43-,48+/m0/s1. The van der Waals surface area contributed by atoms with Crippen LogP contribution in [0.4, 0.5) is 8.78 Å². The SMILES string of the molecule is CC(C)(C)[C@H](NC(=O)c1cc2cc(C(F)(F)P(=O)(O)O)ccc2s1)C(=O)N1Cc2cc(OCC(=O)NCCCC#Cc3ccc4c(c3)C(=O)N(C3CCC(=O)NC3=O)C4=O)ccc2C[C@H]1C(=O)N1CCO[C@H](c2ccccc2)C1. The zero-order valence-electron chi connectivity index (χ0n) is 43.1. The van der Waals surface area contributed by atoms with Crippen molar-refractivity contribution in [1.82, 2.24) is 30.7 Å². The summed E-state index contributed by atoms with van der Waals surface area (Å²) in [5.41, 5.74) is -3.34. The number of morpholine rings is 1. The van der Waals surface area contributed by atoms with Gasteiger partial charge in [0.2, 0.25) is 23.6 Å². The second-order valence-electron chi connectivity index (χ2n) is 20.6. The average Bonchev–Trinajstić information content (AvgIpc) is 4.24. The van der Waals surface area contributed by atoms with E-state index in [0.717, 1.165) is 39.5 Å². The fourth-order valence-electron chi connectivity index (χ4n) is 9.88. The molecule has 19 nitrogen and oxygen atoms in total. The molecule has 0 radical (unpaired) electrons. The number of amides is 8. The monoisotopic (exact) mass is 1120 g/mol. The number of carbonyl (C=O) groups excluding carboxylic acids is 8. The van der Waals surface area contributed by atoms with Crippen molar-refractivity contribution in [2.45, 2.75) is 89.3 Å². The van der Waals surface area contributed by atoms with Crippen LogP contribution in [0.2, 0.25) is 0 Å². The Morgan fingerprint density at radius 2 is 1.70 bits per heavy atom. The largest absolute Gasteiger partial charge is 0.484 e. The Morgan fingerprint density at radius 3 is 2.43 bits per heavy atom. The van der Waals surface area contributed by atoms with Crippen molar-refractivity contribution in [3.63, 3.8) is 0 Å². The first-order valence-electron chi connectivity index (χ1n) is 25.4. The lowest BCUT2D eigenvalue weighted by Crippen LogP contribution is -2.61. The van der Waals surface area contributed by atoms with Crippen LogP contribution in [-0.2, 0) is 51.9 Å². The quantitative estimate of drug-likeness (QED) is 0.0396. The molecule has 412 valence electrons. The van der Waals surface area contributed by atoms with Gasteiger partial charge in [-0.25, -0.2) is 0 Å². The molecule has 4 atom stereocenters. The molecule has 0 spiro atoms. The van der Waals surface area contributed by atoms with Gasteiger partial charge in [0.15, 0.2) is 6.61 Å². The first kappa shape index (κ1) is 56.1. The Hall–Kier alpha value is -7.67. The number of thiophene rings is 1. The van der Waals surface area contributed by atoms with E-state index in [1.807, 2.05) is 30.3 Å². The summed E-state index contributed by atoms with van der Waals surface area (Å²) in [6.07, 6.45) is 0.576. The summed E-state index contributed by atoms with van der Waals surface area (Å²) >= 11 is 0.938. The number of nitrogens with one attached hydrogen (secondary N) is 3. The van der Waals surface area contributed by atoms with E-state index < -0.39 is 89.8 Å². The fourth-order valence-corrected chi connectivity index (χ4v) is 11.3. The average molecular weight is 1120 g/mol. The van der Waals surface area contributed by atoms with E-state index in [1.165, 1.54) is 29.2 Å². The van der Waals surface area contributed by atoms with Gasteiger partial charge in [-0.1, -0.05) is 75.1 Å². The number of fused-ring (bicyclic) bond motifs is 3. The highest BCUT2D eigenvalue weighted by Crippen LogP contribution is 2.59. The minimum Gasteiger partial charge on any atom is -0.484 e. The fraction of sp³-hybridized carbons (Fsp3) is 0.357. The summed E-state index contributed by atoms with van der Waals surface area (Å²) in [7, 11) is -5.87. The second-order valence-corrected chi connectivity index (χ2v) is 23.4. The molecule has 0 bridgehead atoms. The number of nitrogens with zero attached hydrogens (tertiary/aromatic N) is 3. The Balaban J connectivity index is 0.854. The molecule has 4 aromatic carbocycles. The highest BCUT2D eigenvalue weighted by molar-refractivity contribution is 7.52. The molecule has 9 rings (SSSR count). The molecular weight excluding hydrogens is 1070 g/mol. The highest BCUT2D eigenvalue weighted by atomic mass is 32.1. The van der Waals surface area contributed by atoms with E-state index in [4.69, 9.17) is 9.47 Å². The van der Waals surface area contributed by atoms with Crippen molar-refractivity contribution < 1.29 is 71.0 Å². The highest BCUT2D eigenvalue weighted by Gasteiger charge is 2.51. The van der Waals surface area contributed by atoms with Crippen LogP contribution in [0.5, 0.6) is 5.75 Å². The summed E-state index contributed by atoms with van der Waals surface area (Å²) in [5.74, 6) is 1.83. The van der Waals surface area contributed by atoms with Crippen molar-refractivity contribution in [3.05, 3.63) is 135 Å². The van der Waals surface area contributed by atoms with Gasteiger partial charge < -0.3 is 39.7 Å². The minimum absolute atomic E-state index is 0.00823. The van der Waals surface area contributed by atoms with E-state index in [2.05, 4.69) is 27.8 Å². The maximum atomic E-state index is 15.1. The first-order valence-corrected chi connectivity index (χ1v) is 27.8. The summed E-state index contributed by atoms with van der Waals surface area (Å²) in [6.45, 7) is 5.80. The van der Waals surface area contributed by atoms with Crippen molar-refractivity contribution in [1.29, 1.82) is 0 Å². The predicted molar refractivity (Wildman–Crippen MR) is 282 cm³/mol. The number of piperidine rings is 1. The maximum Gasteiger partial charge on any atom is 0.399 e. The molecule has 1 unspecified atom stereocenters. The molecule has 5 heterocycles. The Kier molecular flexibility index (Phi) is 16.0. The normalized spacial score (nSPS) is 19.0. The lowest BCUT2D eigenvalue weighted by atomic mass is 9.84. The Morgan fingerprint density at radius 1 is 0.937 bits per heavy atom. The van der Waals surface area contributed by atoms with Gasteiger partial charge in [0, 0.05) is 54.7 Å². The van der Waals surface area contributed by atoms with Crippen LogP contribution in [0.3, 0.4) is 0 Å². The molecule has 4 aliphatic rings. The smallest absolute Gasteiger partial charge is 0.399 e. The van der Waals surface area contributed by atoms with Crippen LogP contribution >= 0.6 is 18.9 Å². The number of alkyl halides is 2. The van der Waals surface area contributed by atoms with E-state index in [1.54, 1.807) is 49.9 Å². The van der Waals surface area contributed by atoms with Crippen molar-refractivity contribution in [2.24, 2.45) is 5.41 Å². The number of hydrogen-bond acceptors (Lipinski definition) is 12. The third kappa shape index (κ3) is 12.0. The van der Waals surface area contributed by atoms with Crippen LogP contribution in [0, 0.1) is 17.3 Å². The van der Waals surface area contributed by atoms with Crippen LogP contribution in [0.25, 0.3) is 10.1 Å². The number of ether oxygens (including phenoxy) is 2. The van der Waals surface area contributed by atoms with Crippen LogP contribution in [-0.4, -0.2) is 123 Å². The number of carbonyl (C=O) groups is 8. The zero-order chi connectivity index (χ0) is 56.6. The van der Waals surface area contributed by atoms with Crippen molar-refractivity contribution >= 4 is 76.3 Å². The van der Waals surface area contributed by atoms with E-state index in [0.29, 0.717) is 34.4 Å². The van der Waals surface area contributed by atoms with Gasteiger partial charge in [-0.05, 0) is 88.9 Å². The molecule has 5 N–H and O–H groups in total. The number of unbranched alkanes of at least 4 members (excludes halogenated alkanes) is 1. The number of imide groups is 2. The van der Waals surface area contributed by atoms with Gasteiger partial charge in [-0.3, -0.25) is 53.1 Å². The van der Waals surface area contributed by atoms with Crippen LogP contribution in [0.1, 0.15) is 111 Å². The van der Waals surface area contributed by atoms with Gasteiger partial charge in [-0.2, -0.15) is 8.78 Å². The van der Waals surface area contributed by atoms with Crippen LogP contribution in [0.15, 0.2) is 91.0 Å². The Labute approximate surface area is 456 Å². The molecular formula is C56H55F2N6O13PS. The van der Waals surface area contributed by atoms with Gasteiger partial charge in [-0.15, -0.1) is 11.3 Å². The molecule has 4 aliphatic heterocycles. The number of benzene rings is 4. The van der Waals surface area contributed by atoms with E-state index in [9.17, 15) is 56.7 Å². The van der Waals surface area contributed by atoms with Gasteiger partial charge in [0.25, 0.3) is 23.6 Å². The summed E-state index contributed by atoms with van der Waals surface area (Å²) in [4.78, 5) is 130. The van der Waals surface area contributed by atoms with Gasteiger partial charge >= 0.3 is 13.3 Å². The third-order valence-corrected chi connectivity index (χ3v) is 16.2. The first-order chi connectivity index (χ1) is 37.5. The zero-order valence-corrected chi connectivity index (χ0v) is 44.8. The third-order valence-electron chi connectivity index (χ3n) is 14.1. The molecule has 79 heavy (non-hydrogen) atoms. The summed E-state index contributed by atoms with van der Waals surface area (Å²) in [5, 5.41) is 7.93. The molecule has 2 fully saturated rings. The second kappa shape index (κ2) is 22.6.